The maximum absolute atomic E-state index is 13.5. The third-order valence-corrected chi connectivity index (χ3v) is 5.65. The minimum Gasteiger partial charge on any atom is -0.454 e. The van der Waals surface area contributed by atoms with Gasteiger partial charge >= 0.3 is 0 Å². The summed E-state index contributed by atoms with van der Waals surface area (Å²) < 4.78 is 11.0. The molecule has 1 amide bonds. The molecule has 3 aromatic rings. The Kier molecular flexibility index (Phi) is 4.21. The van der Waals surface area contributed by atoms with Crippen LogP contribution in [0.3, 0.4) is 0 Å². The van der Waals surface area contributed by atoms with E-state index in [0.29, 0.717) is 11.3 Å². The van der Waals surface area contributed by atoms with Gasteiger partial charge in [-0.25, -0.2) is 0 Å². The zero-order chi connectivity index (χ0) is 20.9. The highest BCUT2D eigenvalue weighted by Crippen LogP contribution is 2.40. The Hall–Kier alpha value is -3.47. The van der Waals surface area contributed by atoms with E-state index >= 15 is 0 Å². The van der Waals surface area contributed by atoms with Crippen LogP contribution in [0.2, 0.25) is 0 Å². The van der Waals surface area contributed by atoms with Crippen LogP contribution in [0.25, 0.3) is 0 Å². The molecule has 0 saturated carbocycles. The van der Waals surface area contributed by atoms with Gasteiger partial charge < -0.3 is 14.8 Å². The molecule has 3 aromatic carbocycles. The molecule has 1 N–H and O–H groups in total. The van der Waals surface area contributed by atoms with Crippen molar-refractivity contribution in [1.82, 2.24) is 0 Å². The van der Waals surface area contributed by atoms with Gasteiger partial charge in [0.15, 0.2) is 11.5 Å². The van der Waals surface area contributed by atoms with E-state index in [4.69, 9.17) is 9.47 Å². The summed E-state index contributed by atoms with van der Waals surface area (Å²) in [6, 6.07) is 21.7. The Labute approximate surface area is 176 Å². The number of hydrogen-bond acceptors (Lipinski definition) is 4. The van der Waals surface area contributed by atoms with Crippen LogP contribution in [0.4, 0.5) is 11.4 Å². The van der Waals surface area contributed by atoms with Gasteiger partial charge in [-0.2, -0.15) is 0 Å². The topological polar surface area (TPSA) is 50.8 Å². The number of hydrogen-bond donors (Lipinski definition) is 1. The Balaban J connectivity index is 1.60. The van der Waals surface area contributed by atoms with Gasteiger partial charge in [0.2, 0.25) is 6.79 Å². The molecule has 0 spiro atoms. The molecule has 2 aliphatic rings. The van der Waals surface area contributed by atoms with Gasteiger partial charge in [0.05, 0.1) is 5.56 Å². The summed E-state index contributed by atoms with van der Waals surface area (Å²) >= 11 is 0. The number of nitrogens with zero attached hydrogens (tertiary/aromatic N) is 1. The van der Waals surface area contributed by atoms with Crippen LogP contribution in [0.5, 0.6) is 11.5 Å². The first-order chi connectivity index (χ1) is 14.4. The monoisotopic (exact) mass is 400 g/mol. The largest absolute Gasteiger partial charge is 0.454 e. The molecule has 5 rings (SSSR count). The van der Waals surface area contributed by atoms with Crippen LogP contribution in [0, 0.1) is 0 Å². The van der Waals surface area contributed by atoms with E-state index in [2.05, 4.69) is 38.2 Å². The highest BCUT2D eigenvalue weighted by Gasteiger charge is 2.35. The smallest absolute Gasteiger partial charge is 0.262 e. The molecular formula is C25H24N2O3. The van der Waals surface area contributed by atoms with Gasteiger partial charge in [0.1, 0.15) is 6.17 Å². The second-order valence-electron chi connectivity index (χ2n) is 8.68. The zero-order valence-corrected chi connectivity index (χ0v) is 17.3. The first kappa shape index (κ1) is 18.6. The van der Waals surface area contributed by atoms with Crippen molar-refractivity contribution in [1.29, 1.82) is 0 Å². The Morgan fingerprint density at radius 3 is 2.43 bits per heavy atom. The SMILES string of the molecule is CC(C)(C)c1ccc(N2C(=O)c3ccccc3N[C@H]2c2ccc3c(c2)OCO3)cc1. The van der Waals surface area contributed by atoms with Crippen molar-refractivity contribution >= 4 is 17.3 Å². The normalized spacial score (nSPS) is 17.5. The van der Waals surface area contributed by atoms with Crippen LogP contribution in [0.1, 0.15) is 48.4 Å². The lowest BCUT2D eigenvalue weighted by Gasteiger charge is -2.38. The zero-order valence-electron chi connectivity index (χ0n) is 17.3. The van der Waals surface area contributed by atoms with Gasteiger partial charge in [-0.15, -0.1) is 0 Å². The van der Waals surface area contributed by atoms with Crippen LogP contribution in [0.15, 0.2) is 66.7 Å². The van der Waals surface area contributed by atoms with Gasteiger partial charge in [0.25, 0.3) is 5.91 Å². The molecule has 5 heteroatoms. The van der Waals surface area contributed by atoms with E-state index in [1.807, 2.05) is 59.5 Å². The second kappa shape index (κ2) is 6.80. The molecule has 2 heterocycles. The number of anilines is 2. The summed E-state index contributed by atoms with van der Waals surface area (Å²) in [7, 11) is 0. The lowest BCUT2D eigenvalue weighted by molar-refractivity contribution is 0.0975. The van der Waals surface area contributed by atoms with Crippen molar-refractivity contribution < 1.29 is 14.3 Å². The maximum Gasteiger partial charge on any atom is 0.262 e. The van der Waals surface area contributed by atoms with E-state index < -0.39 is 0 Å². The number of carbonyl (C=O) groups is 1. The second-order valence-corrected chi connectivity index (χ2v) is 8.68. The molecule has 0 aliphatic carbocycles. The molecule has 30 heavy (non-hydrogen) atoms. The molecule has 2 aliphatic heterocycles. The van der Waals surface area contributed by atoms with Crippen LogP contribution >= 0.6 is 0 Å². The fraction of sp³-hybridized carbons (Fsp3) is 0.240. The fourth-order valence-electron chi connectivity index (χ4n) is 3.96. The van der Waals surface area contributed by atoms with Crippen molar-refractivity contribution in [2.24, 2.45) is 0 Å². The molecule has 0 unspecified atom stereocenters. The average molecular weight is 400 g/mol. The van der Waals surface area contributed by atoms with Crippen LogP contribution in [-0.2, 0) is 5.41 Å². The van der Waals surface area contributed by atoms with E-state index in [0.717, 1.165) is 22.7 Å². The van der Waals surface area contributed by atoms with Crippen molar-refractivity contribution in [2.45, 2.75) is 32.4 Å². The summed E-state index contributed by atoms with van der Waals surface area (Å²) in [5.41, 5.74) is 4.54. The van der Waals surface area contributed by atoms with Gasteiger partial charge in [-0.05, 0) is 52.9 Å². The number of nitrogens with one attached hydrogen (secondary N) is 1. The maximum atomic E-state index is 13.5. The molecule has 0 radical (unpaired) electrons. The standard InChI is InChI=1S/C25H24N2O3/c1-25(2,3)17-9-11-18(12-10-17)27-23(16-8-13-21-22(14-16)30-15-29-21)26-20-7-5-4-6-19(20)24(27)28/h4-14,23,26H,15H2,1-3H3/t23-/m1/s1. The van der Waals surface area contributed by atoms with E-state index in [9.17, 15) is 4.79 Å². The van der Waals surface area contributed by atoms with Crippen LogP contribution in [-0.4, -0.2) is 12.7 Å². The molecule has 1 atom stereocenters. The molecule has 0 aromatic heterocycles. The summed E-state index contributed by atoms with van der Waals surface area (Å²) in [5, 5.41) is 3.54. The third-order valence-electron chi connectivity index (χ3n) is 5.65. The highest BCUT2D eigenvalue weighted by molar-refractivity contribution is 6.12. The van der Waals surface area contributed by atoms with E-state index in [1.54, 1.807) is 0 Å². The summed E-state index contributed by atoms with van der Waals surface area (Å²) in [5.74, 6) is 1.39. The van der Waals surface area contributed by atoms with Crippen molar-refractivity contribution in [2.75, 3.05) is 17.0 Å². The first-order valence-corrected chi connectivity index (χ1v) is 10.1. The first-order valence-electron chi connectivity index (χ1n) is 10.1. The number of carbonyl (C=O) groups excluding carboxylic acids is 1. The van der Waals surface area contributed by atoms with Crippen molar-refractivity contribution in [3.63, 3.8) is 0 Å². The fourth-order valence-corrected chi connectivity index (χ4v) is 3.96. The lowest BCUT2D eigenvalue weighted by Crippen LogP contribution is -2.43. The minimum atomic E-state index is -0.359. The molecule has 0 saturated heterocycles. The van der Waals surface area contributed by atoms with Crippen molar-refractivity contribution in [3.05, 3.63) is 83.4 Å². The number of rotatable bonds is 2. The molecular weight excluding hydrogens is 376 g/mol. The number of fused-ring (bicyclic) bond motifs is 2. The molecule has 0 fully saturated rings. The molecule has 0 bridgehead atoms. The van der Waals surface area contributed by atoms with Gasteiger partial charge in [0, 0.05) is 11.4 Å². The van der Waals surface area contributed by atoms with E-state index in [1.165, 1.54) is 5.56 Å². The predicted octanol–water partition coefficient (Wildman–Crippen LogP) is 5.48. The molecule has 5 nitrogen and oxygen atoms in total. The number of amides is 1. The number of para-hydroxylation sites is 1. The summed E-state index contributed by atoms with van der Waals surface area (Å²) in [6.07, 6.45) is -0.359. The Morgan fingerprint density at radius 1 is 0.933 bits per heavy atom. The summed E-state index contributed by atoms with van der Waals surface area (Å²) in [4.78, 5) is 15.4. The average Bonchev–Trinajstić information content (AvgIpc) is 3.21. The van der Waals surface area contributed by atoms with Crippen molar-refractivity contribution in [3.8, 4) is 11.5 Å². The van der Waals surface area contributed by atoms with Crippen LogP contribution < -0.4 is 19.7 Å². The number of ether oxygens (including phenoxy) is 2. The third kappa shape index (κ3) is 3.07. The lowest BCUT2D eigenvalue weighted by atomic mass is 9.87. The van der Waals surface area contributed by atoms with Gasteiger partial charge in [-0.1, -0.05) is 51.1 Å². The van der Waals surface area contributed by atoms with E-state index in [-0.39, 0.29) is 24.3 Å². The Morgan fingerprint density at radius 2 is 1.67 bits per heavy atom. The minimum absolute atomic E-state index is 0.0319. The molecule has 152 valence electrons. The van der Waals surface area contributed by atoms with Gasteiger partial charge in [-0.3, -0.25) is 9.69 Å². The summed E-state index contributed by atoms with van der Waals surface area (Å²) in [6.45, 7) is 6.76. The Bertz CT molecular complexity index is 1120. The quantitative estimate of drug-likeness (QED) is 0.619. The predicted molar refractivity (Wildman–Crippen MR) is 117 cm³/mol. The number of benzene rings is 3. The highest BCUT2D eigenvalue weighted by atomic mass is 16.7.